The zero-order valence-electron chi connectivity index (χ0n) is 28.2. The van der Waals surface area contributed by atoms with Gasteiger partial charge < -0.3 is 9.13 Å². The van der Waals surface area contributed by atoms with Crippen molar-refractivity contribution in [1.82, 2.24) is 23.9 Å². The van der Waals surface area contributed by atoms with Gasteiger partial charge in [0.15, 0.2) is 17.3 Å². The lowest BCUT2D eigenvalue weighted by atomic mass is 10.1. The van der Waals surface area contributed by atoms with Crippen molar-refractivity contribution < 1.29 is 0 Å². The minimum Gasteiger partial charge on any atom is -0.309 e. The van der Waals surface area contributed by atoms with Crippen LogP contribution in [0.1, 0.15) is 5.56 Å². The van der Waals surface area contributed by atoms with Crippen LogP contribution in [-0.2, 0) is 0 Å². The summed E-state index contributed by atoms with van der Waals surface area (Å²) < 4.78 is 6.53. The third kappa shape index (κ3) is 4.73. The van der Waals surface area contributed by atoms with Crippen molar-refractivity contribution >= 4 is 49.3 Å². The van der Waals surface area contributed by atoms with E-state index < -0.39 is 0 Å². The van der Waals surface area contributed by atoms with Crippen molar-refractivity contribution in [2.24, 2.45) is 0 Å². The number of rotatable bonds is 5. The first-order valence-electron chi connectivity index (χ1n) is 17.3. The van der Waals surface area contributed by atoms with Crippen LogP contribution in [0.4, 0.5) is 5.69 Å². The zero-order valence-corrected chi connectivity index (χ0v) is 28.2. The average molecular weight is 678 g/mol. The zero-order chi connectivity index (χ0) is 35.5. The molecule has 7 nitrogen and oxygen atoms in total. The second-order valence-electron chi connectivity index (χ2n) is 12.9. The summed E-state index contributed by atoms with van der Waals surface area (Å²) in [6, 6.07) is 57.6. The summed E-state index contributed by atoms with van der Waals surface area (Å²) in [5.74, 6) is 1.21. The lowest BCUT2D eigenvalue weighted by molar-refractivity contribution is 0.891. The summed E-state index contributed by atoms with van der Waals surface area (Å²) in [6.45, 7) is 7.40. The SMILES string of the molecule is [C-]#[N+]c1ccc(-c2nc(-c3cccc4c3c3ccccc3n4-c3cccc(-n4c5ccccc5c5ccccc54)c3)n(-c3ccc(C#N)cc3)n2)cc1. The van der Waals surface area contributed by atoms with E-state index in [0.717, 1.165) is 61.0 Å². The van der Waals surface area contributed by atoms with Gasteiger partial charge in [-0.05, 0) is 66.7 Å². The van der Waals surface area contributed by atoms with Gasteiger partial charge in [0.2, 0.25) is 0 Å². The molecule has 7 heteroatoms. The molecule has 7 aromatic carbocycles. The lowest BCUT2D eigenvalue weighted by Gasteiger charge is -2.13. The van der Waals surface area contributed by atoms with E-state index in [2.05, 4.69) is 135 Å². The Morgan fingerprint density at radius 3 is 1.75 bits per heavy atom. The minimum atomic E-state index is 0.542. The summed E-state index contributed by atoms with van der Waals surface area (Å²) in [7, 11) is 0. The van der Waals surface area contributed by atoms with Gasteiger partial charge in [-0.3, -0.25) is 0 Å². The second kappa shape index (κ2) is 11.9. The molecule has 0 unspecified atom stereocenters. The van der Waals surface area contributed by atoms with Crippen LogP contribution in [0.3, 0.4) is 0 Å². The molecule has 0 aliphatic rings. The first-order chi connectivity index (χ1) is 26.2. The predicted molar refractivity (Wildman–Crippen MR) is 212 cm³/mol. The molecular weight excluding hydrogens is 651 g/mol. The molecule has 0 N–H and O–H groups in total. The number of para-hydroxylation sites is 3. The fourth-order valence-electron chi connectivity index (χ4n) is 7.61. The van der Waals surface area contributed by atoms with Gasteiger partial charge in [0, 0.05) is 44.0 Å². The maximum atomic E-state index is 9.50. The van der Waals surface area contributed by atoms with Gasteiger partial charge in [-0.25, -0.2) is 14.5 Å². The number of fused-ring (bicyclic) bond motifs is 6. The molecule has 0 aliphatic heterocycles. The Balaban J connectivity index is 1.21. The van der Waals surface area contributed by atoms with E-state index in [1.807, 2.05) is 28.9 Å². The Hall–Kier alpha value is -7.74. The van der Waals surface area contributed by atoms with Crippen LogP contribution in [0.2, 0.25) is 0 Å². The maximum Gasteiger partial charge on any atom is 0.187 e. The molecule has 0 atom stereocenters. The highest BCUT2D eigenvalue weighted by molar-refractivity contribution is 6.15. The third-order valence-corrected chi connectivity index (χ3v) is 9.97. The van der Waals surface area contributed by atoms with Crippen molar-refractivity contribution in [2.75, 3.05) is 0 Å². The van der Waals surface area contributed by atoms with Crippen LogP contribution in [0.5, 0.6) is 0 Å². The molecule has 3 heterocycles. The molecule has 10 rings (SSSR count). The van der Waals surface area contributed by atoms with Crippen molar-refractivity contribution in [3.63, 3.8) is 0 Å². The summed E-state index contributed by atoms with van der Waals surface area (Å²) in [6.07, 6.45) is 0. The van der Waals surface area contributed by atoms with E-state index >= 15 is 0 Å². The van der Waals surface area contributed by atoms with Gasteiger partial charge in [0.25, 0.3) is 0 Å². The van der Waals surface area contributed by atoms with Gasteiger partial charge in [0.1, 0.15) is 0 Å². The number of nitriles is 1. The van der Waals surface area contributed by atoms with Crippen LogP contribution < -0.4 is 0 Å². The fourth-order valence-corrected chi connectivity index (χ4v) is 7.61. The molecule has 0 fully saturated rings. The van der Waals surface area contributed by atoms with Crippen molar-refractivity contribution in [2.45, 2.75) is 0 Å². The Morgan fingerprint density at radius 2 is 1.11 bits per heavy atom. The van der Waals surface area contributed by atoms with Crippen LogP contribution in [-0.4, -0.2) is 23.9 Å². The first kappa shape index (κ1) is 30.1. The standard InChI is InChI=1S/C46H27N7/c1-48-32-24-22-31(23-25-32)45-49-46(53(50-45)33-26-20-30(29-47)21-27-33)39-15-9-19-43-44(39)38-14-4-7-18-42(38)52(43)35-11-8-10-34(28-35)51-40-16-5-2-12-36(40)37-13-3-6-17-41(37)51/h2-28H. The Kier molecular flexibility index (Phi) is 6.79. The molecule has 10 aromatic rings. The normalized spacial score (nSPS) is 11.4. The molecule has 53 heavy (non-hydrogen) atoms. The van der Waals surface area contributed by atoms with Crippen LogP contribution in [0, 0.1) is 17.9 Å². The molecule has 0 amide bonds. The van der Waals surface area contributed by atoms with Gasteiger partial charge >= 0.3 is 0 Å². The molecular formula is C46H27N7. The number of benzene rings is 7. The van der Waals surface area contributed by atoms with E-state index in [1.54, 1.807) is 24.3 Å². The highest BCUT2D eigenvalue weighted by Crippen LogP contribution is 2.40. The minimum absolute atomic E-state index is 0.542. The van der Waals surface area contributed by atoms with Gasteiger partial charge in [-0.1, -0.05) is 97.1 Å². The van der Waals surface area contributed by atoms with E-state index in [9.17, 15) is 5.26 Å². The van der Waals surface area contributed by atoms with E-state index in [0.29, 0.717) is 22.9 Å². The molecule has 0 bridgehead atoms. The molecule has 0 aliphatic carbocycles. The molecule has 3 aromatic heterocycles. The van der Waals surface area contributed by atoms with Gasteiger partial charge in [-0.15, -0.1) is 5.10 Å². The van der Waals surface area contributed by atoms with Crippen LogP contribution >= 0.6 is 0 Å². The fraction of sp³-hybridized carbons (Fsp3) is 0. The Labute approximate surface area is 304 Å². The monoisotopic (exact) mass is 677 g/mol. The highest BCUT2D eigenvalue weighted by atomic mass is 15.4. The molecule has 0 radical (unpaired) electrons. The third-order valence-electron chi connectivity index (χ3n) is 9.97. The van der Waals surface area contributed by atoms with E-state index in [4.69, 9.17) is 16.7 Å². The van der Waals surface area contributed by atoms with Gasteiger partial charge in [0.05, 0.1) is 46.0 Å². The number of hydrogen-bond acceptors (Lipinski definition) is 3. The van der Waals surface area contributed by atoms with E-state index in [-0.39, 0.29) is 0 Å². The predicted octanol–water partition coefficient (Wildman–Crippen LogP) is 11.2. The van der Waals surface area contributed by atoms with E-state index in [1.165, 1.54) is 10.8 Å². The smallest absolute Gasteiger partial charge is 0.187 e. The van der Waals surface area contributed by atoms with Crippen LogP contribution in [0.15, 0.2) is 164 Å². The summed E-state index contributed by atoms with van der Waals surface area (Å²) in [5, 5.41) is 19.1. The first-order valence-corrected chi connectivity index (χ1v) is 17.3. The van der Waals surface area contributed by atoms with Crippen molar-refractivity contribution in [1.29, 1.82) is 5.26 Å². The largest absolute Gasteiger partial charge is 0.309 e. The Bertz CT molecular complexity index is 3070. The highest BCUT2D eigenvalue weighted by Gasteiger charge is 2.22. The number of nitrogens with zero attached hydrogens (tertiary/aromatic N) is 7. The molecule has 0 spiro atoms. The second-order valence-corrected chi connectivity index (χ2v) is 12.9. The molecule has 0 saturated carbocycles. The number of aromatic nitrogens is 5. The maximum absolute atomic E-state index is 9.50. The number of hydrogen-bond donors (Lipinski definition) is 0. The van der Waals surface area contributed by atoms with Gasteiger partial charge in [-0.2, -0.15) is 5.26 Å². The van der Waals surface area contributed by atoms with Crippen LogP contribution in [0.25, 0.3) is 88.3 Å². The average Bonchev–Trinajstić information content (AvgIpc) is 3.92. The topological polar surface area (TPSA) is 68.7 Å². The Morgan fingerprint density at radius 1 is 0.547 bits per heavy atom. The summed E-state index contributed by atoms with van der Waals surface area (Å²) in [4.78, 5) is 8.72. The molecule has 246 valence electrons. The summed E-state index contributed by atoms with van der Waals surface area (Å²) >= 11 is 0. The van der Waals surface area contributed by atoms with Crippen molar-refractivity contribution in [3.05, 3.63) is 181 Å². The quantitative estimate of drug-likeness (QED) is 0.170. The molecule has 0 saturated heterocycles. The summed E-state index contributed by atoms with van der Waals surface area (Å²) in [5.41, 5.74) is 10.2. The van der Waals surface area contributed by atoms with Crippen molar-refractivity contribution in [3.8, 4) is 45.9 Å². The lowest BCUT2D eigenvalue weighted by Crippen LogP contribution is -2.00.